The van der Waals surface area contributed by atoms with Crippen molar-refractivity contribution in [3.05, 3.63) is 28.2 Å². The number of halogens is 1. The molecule has 0 aliphatic carbocycles. The fourth-order valence-corrected chi connectivity index (χ4v) is 2.33. The van der Waals surface area contributed by atoms with Crippen molar-refractivity contribution >= 4 is 21.6 Å². The van der Waals surface area contributed by atoms with Gasteiger partial charge in [0, 0.05) is 42.4 Å². The summed E-state index contributed by atoms with van der Waals surface area (Å²) < 4.78 is 1.17. The molecule has 2 rings (SSSR count). The summed E-state index contributed by atoms with van der Waals surface area (Å²) >= 11 is 3.52. The van der Waals surface area contributed by atoms with E-state index in [-0.39, 0.29) is 0 Å². The molecule has 94 valence electrons. The van der Waals surface area contributed by atoms with Crippen molar-refractivity contribution in [2.45, 2.75) is 13.0 Å². The van der Waals surface area contributed by atoms with Gasteiger partial charge in [-0.2, -0.15) is 0 Å². The van der Waals surface area contributed by atoms with E-state index in [2.05, 4.69) is 63.6 Å². The summed E-state index contributed by atoms with van der Waals surface area (Å²) in [5.74, 6) is 0. The van der Waals surface area contributed by atoms with Gasteiger partial charge in [0.05, 0.1) is 0 Å². The second-order valence-electron chi connectivity index (χ2n) is 4.68. The molecule has 0 amide bonds. The molecule has 1 atom stereocenters. The summed E-state index contributed by atoms with van der Waals surface area (Å²) in [5, 5.41) is 6.94. The van der Waals surface area contributed by atoms with Crippen molar-refractivity contribution < 1.29 is 0 Å². The predicted octanol–water partition coefficient (Wildman–Crippen LogP) is 2.07. The zero-order valence-electron chi connectivity index (χ0n) is 10.5. The van der Waals surface area contributed by atoms with Gasteiger partial charge in [-0.3, -0.25) is 4.90 Å². The third kappa shape index (κ3) is 3.44. The minimum absolute atomic E-state index is 0.577. The van der Waals surface area contributed by atoms with E-state index in [1.165, 1.54) is 15.7 Å². The Morgan fingerprint density at radius 1 is 1.53 bits per heavy atom. The second kappa shape index (κ2) is 5.85. The van der Waals surface area contributed by atoms with Crippen molar-refractivity contribution in [1.82, 2.24) is 10.2 Å². The molecular weight excluding hydrogens is 278 g/mol. The molecule has 1 aromatic rings. The maximum Gasteiger partial charge on any atom is 0.0390 e. The van der Waals surface area contributed by atoms with Gasteiger partial charge in [0.15, 0.2) is 0 Å². The molecule has 3 nitrogen and oxygen atoms in total. The molecule has 0 spiro atoms. The molecule has 4 heteroatoms. The average Bonchev–Trinajstić information content (AvgIpc) is 2.32. The minimum Gasteiger partial charge on any atom is -0.383 e. The Labute approximate surface area is 112 Å². The van der Waals surface area contributed by atoms with E-state index in [4.69, 9.17) is 0 Å². The van der Waals surface area contributed by atoms with Gasteiger partial charge >= 0.3 is 0 Å². The molecule has 1 fully saturated rings. The molecule has 0 radical (unpaired) electrons. The number of rotatable bonds is 3. The van der Waals surface area contributed by atoms with Crippen LogP contribution in [0, 0.1) is 6.92 Å². The largest absolute Gasteiger partial charge is 0.383 e. The van der Waals surface area contributed by atoms with Gasteiger partial charge in [0.2, 0.25) is 0 Å². The fourth-order valence-electron chi connectivity index (χ4n) is 2.08. The number of nitrogens with zero attached hydrogens (tertiary/aromatic N) is 1. The van der Waals surface area contributed by atoms with Crippen molar-refractivity contribution in [2.75, 3.05) is 38.5 Å². The summed E-state index contributed by atoms with van der Waals surface area (Å²) in [6, 6.07) is 6.97. The maximum atomic E-state index is 3.52. The van der Waals surface area contributed by atoms with Crippen LogP contribution in [0.2, 0.25) is 0 Å². The van der Waals surface area contributed by atoms with Crippen LogP contribution in [0.15, 0.2) is 22.7 Å². The van der Waals surface area contributed by atoms with Crippen molar-refractivity contribution in [1.29, 1.82) is 0 Å². The summed E-state index contributed by atoms with van der Waals surface area (Å²) in [7, 11) is 2.19. The first-order chi connectivity index (χ1) is 8.16. The van der Waals surface area contributed by atoms with Crippen LogP contribution in [0.25, 0.3) is 0 Å². The summed E-state index contributed by atoms with van der Waals surface area (Å²) in [4.78, 5) is 2.41. The minimum atomic E-state index is 0.577. The Balaban J connectivity index is 1.90. The first-order valence-electron chi connectivity index (χ1n) is 6.08. The quantitative estimate of drug-likeness (QED) is 0.894. The van der Waals surface area contributed by atoms with Gasteiger partial charge in [-0.05, 0) is 37.7 Å². The highest BCUT2D eigenvalue weighted by atomic mass is 79.9. The SMILES string of the molecule is Cc1cc(NCC2CNCCN2C)ccc1Br. The average molecular weight is 298 g/mol. The Kier molecular flexibility index (Phi) is 4.42. The van der Waals surface area contributed by atoms with Crippen LogP contribution >= 0.6 is 15.9 Å². The number of piperazine rings is 1. The van der Waals surface area contributed by atoms with Gasteiger partial charge in [-0.15, -0.1) is 0 Å². The number of anilines is 1. The fraction of sp³-hybridized carbons (Fsp3) is 0.538. The molecule has 0 bridgehead atoms. The molecule has 1 aromatic carbocycles. The number of hydrogen-bond acceptors (Lipinski definition) is 3. The van der Waals surface area contributed by atoms with Crippen molar-refractivity contribution in [3.63, 3.8) is 0 Å². The van der Waals surface area contributed by atoms with Crippen molar-refractivity contribution in [3.8, 4) is 0 Å². The number of nitrogens with one attached hydrogen (secondary N) is 2. The highest BCUT2D eigenvalue weighted by Crippen LogP contribution is 2.20. The topological polar surface area (TPSA) is 27.3 Å². The standard InChI is InChI=1S/C13H20BrN3/c1-10-7-11(3-4-13(10)14)16-9-12-8-15-5-6-17(12)2/h3-4,7,12,15-16H,5-6,8-9H2,1-2H3. The summed E-state index contributed by atoms with van der Waals surface area (Å²) in [6.45, 7) is 6.41. The summed E-state index contributed by atoms with van der Waals surface area (Å²) in [6.07, 6.45) is 0. The van der Waals surface area contributed by atoms with E-state index in [1.54, 1.807) is 0 Å². The van der Waals surface area contributed by atoms with Gasteiger partial charge in [-0.1, -0.05) is 15.9 Å². The summed E-state index contributed by atoms with van der Waals surface area (Å²) in [5.41, 5.74) is 2.47. The van der Waals surface area contributed by atoms with Gasteiger partial charge in [0.25, 0.3) is 0 Å². The van der Waals surface area contributed by atoms with E-state index < -0.39 is 0 Å². The zero-order valence-corrected chi connectivity index (χ0v) is 12.0. The third-order valence-corrected chi connectivity index (χ3v) is 4.23. The Morgan fingerprint density at radius 3 is 3.06 bits per heavy atom. The van der Waals surface area contributed by atoms with E-state index in [0.717, 1.165) is 26.2 Å². The lowest BCUT2D eigenvalue weighted by molar-refractivity contribution is 0.209. The molecular formula is C13H20BrN3. The highest BCUT2D eigenvalue weighted by Gasteiger charge is 2.17. The number of hydrogen-bond donors (Lipinski definition) is 2. The molecule has 1 aliphatic rings. The second-order valence-corrected chi connectivity index (χ2v) is 5.54. The zero-order chi connectivity index (χ0) is 12.3. The molecule has 0 aromatic heterocycles. The molecule has 0 saturated carbocycles. The Bertz CT molecular complexity index is 381. The first kappa shape index (κ1) is 12.9. The lowest BCUT2D eigenvalue weighted by Crippen LogP contribution is -2.52. The van der Waals surface area contributed by atoms with E-state index in [9.17, 15) is 0 Å². The third-order valence-electron chi connectivity index (χ3n) is 3.34. The van der Waals surface area contributed by atoms with E-state index in [1.807, 2.05) is 0 Å². The molecule has 17 heavy (non-hydrogen) atoms. The Hall–Kier alpha value is -0.580. The highest BCUT2D eigenvalue weighted by molar-refractivity contribution is 9.10. The van der Waals surface area contributed by atoms with Crippen LogP contribution in [0.5, 0.6) is 0 Å². The Morgan fingerprint density at radius 2 is 2.35 bits per heavy atom. The molecule has 1 unspecified atom stereocenters. The predicted molar refractivity (Wildman–Crippen MR) is 76.7 cm³/mol. The lowest BCUT2D eigenvalue weighted by atomic mass is 10.2. The maximum absolute atomic E-state index is 3.52. The van der Waals surface area contributed by atoms with Crippen LogP contribution in [-0.2, 0) is 0 Å². The monoisotopic (exact) mass is 297 g/mol. The van der Waals surface area contributed by atoms with Crippen LogP contribution < -0.4 is 10.6 Å². The van der Waals surface area contributed by atoms with Gasteiger partial charge in [-0.25, -0.2) is 0 Å². The van der Waals surface area contributed by atoms with Crippen LogP contribution in [-0.4, -0.2) is 44.2 Å². The molecule has 1 saturated heterocycles. The van der Waals surface area contributed by atoms with Crippen LogP contribution in [0.1, 0.15) is 5.56 Å². The molecule has 2 N–H and O–H groups in total. The number of benzene rings is 1. The van der Waals surface area contributed by atoms with E-state index >= 15 is 0 Å². The van der Waals surface area contributed by atoms with Crippen LogP contribution in [0.3, 0.4) is 0 Å². The van der Waals surface area contributed by atoms with Crippen molar-refractivity contribution in [2.24, 2.45) is 0 Å². The van der Waals surface area contributed by atoms with Gasteiger partial charge in [0.1, 0.15) is 0 Å². The molecule has 1 aliphatic heterocycles. The normalized spacial score (nSPS) is 21.5. The van der Waals surface area contributed by atoms with Gasteiger partial charge < -0.3 is 10.6 Å². The smallest absolute Gasteiger partial charge is 0.0390 e. The van der Waals surface area contributed by atoms with Crippen LogP contribution in [0.4, 0.5) is 5.69 Å². The number of likely N-dealkylation sites (N-methyl/N-ethyl adjacent to an activating group) is 1. The number of aryl methyl sites for hydroxylation is 1. The lowest BCUT2D eigenvalue weighted by Gasteiger charge is -2.33. The molecule has 1 heterocycles. The first-order valence-corrected chi connectivity index (χ1v) is 6.87. The van der Waals surface area contributed by atoms with E-state index in [0.29, 0.717) is 6.04 Å².